The molecule has 3 aromatic rings. The number of hydrogen-bond donors (Lipinski definition) is 2. The van der Waals surface area contributed by atoms with Crippen LogP contribution in [0, 0.1) is 0 Å². The molecule has 2 heterocycles. The molecule has 1 fully saturated rings. The summed E-state index contributed by atoms with van der Waals surface area (Å²) < 4.78 is 2.05. The Labute approximate surface area is 157 Å². The summed E-state index contributed by atoms with van der Waals surface area (Å²) in [7, 11) is 0. The van der Waals surface area contributed by atoms with E-state index in [4.69, 9.17) is 0 Å². The van der Waals surface area contributed by atoms with Crippen molar-refractivity contribution in [3.63, 3.8) is 0 Å². The highest BCUT2D eigenvalue weighted by molar-refractivity contribution is 6.08. The Balaban J connectivity index is 1.63. The van der Waals surface area contributed by atoms with Gasteiger partial charge in [-0.15, -0.1) is 0 Å². The zero-order chi connectivity index (χ0) is 19.2. The fraction of sp³-hybridized carbons (Fsp3) is 0.333. The summed E-state index contributed by atoms with van der Waals surface area (Å²) in [6, 6.07) is 15.6. The fourth-order valence-corrected chi connectivity index (χ4v) is 3.83. The van der Waals surface area contributed by atoms with Gasteiger partial charge in [-0.2, -0.15) is 0 Å². The summed E-state index contributed by atoms with van der Waals surface area (Å²) in [5.74, 6) is -0.281. The molecule has 140 valence electrons. The highest BCUT2D eigenvalue weighted by atomic mass is 16.3. The third-order valence-corrected chi connectivity index (χ3v) is 5.52. The monoisotopic (exact) mass is 365 g/mol. The zero-order valence-electron chi connectivity index (χ0n) is 15.5. The number of nitrogens with zero attached hydrogens (tertiary/aromatic N) is 2. The zero-order valence-corrected chi connectivity index (χ0v) is 15.5. The number of para-hydroxylation sites is 2. The second kappa shape index (κ2) is 6.39. The van der Waals surface area contributed by atoms with Crippen LogP contribution in [-0.2, 0) is 11.3 Å². The number of aromatic nitrogens is 1. The summed E-state index contributed by atoms with van der Waals surface area (Å²) in [4.78, 5) is 25.9. The summed E-state index contributed by atoms with van der Waals surface area (Å²) in [5.41, 5.74) is 1.16. The molecule has 1 saturated heterocycles. The van der Waals surface area contributed by atoms with Crippen molar-refractivity contribution in [1.82, 2.24) is 14.8 Å². The predicted octanol–water partition coefficient (Wildman–Crippen LogP) is 2.88. The van der Waals surface area contributed by atoms with Gasteiger partial charge in [0.2, 0.25) is 0 Å². The number of benzene rings is 2. The van der Waals surface area contributed by atoms with E-state index >= 15 is 0 Å². The van der Waals surface area contributed by atoms with E-state index in [-0.39, 0.29) is 12.5 Å². The topological polar surface area (TPSA) is 74.6 Å². The first-order valence-corrected chi connectivity index (χ1v) is 9.23. The van der Waals surface area contributed by atoms with Gasteiger partial charge in [0, 0.05) is 21.8 Å². The smallest absolute Gasteiger partial charge is 0.325 e. The number of β-amino-alcohol motifs (C(OH)–C–C–N with tert-alkyl or cyclic N) is 1. The predicted molar refractivity (Wildman–Crippen MR) is 104 cm³/mol. The van der Waals surface area contributed by atoms with Crippen molar-refractivity contribution in [3.05, 3.63) is 48.5 Å². The van der Waals surface area contributed by atoms with Crippen LogP contribution in [0.25, 0.3) is 21.8 Å². The standard InChI is InChI=1S/C21H23N3O3/c1-3-21(2)19(26)24(20(27)22-21)13-14(25)12-23-17-10-6-4-8-15(17)16-9-5-7-11-18(16)23/h4-11,14,25H,3,12-13H2,1-2H3,(H,22,27)/t14-,21+/m0/s1. The van der Waals surface area contributed by atoms with E-state index in [0.29, 0.717) is 13.0 Å². The number of rotatable bonds is 5. The second-order valence-corrected chi connectivity index (χ2v) is 7.33. The molecule has 0 bridgehead atoms. The van der Waals surface area contributed by atoms with Crippen LogP contribution in [-0.4, -0.2) is 44.7 Å². The summed E-state index contributed by atoms with van der Waals surface area (Å²) in [6.07, 6.45) is -0.352. The second-order valence-electron chi connectivity index (χ2n) is 7.33. The van der Waals surface area contributed by atoms with Gasteiger partial charge in [0.15, 0.2) is 0 Å². The summed E-state index contributed by atoms with van der Waals surface area (Å²) in [6.45, 7) is 3.85. The van der Waals surface area contributed by atoms with Crippen molar-refractivity contribution in [2.45, 2.75) is 38.5 Å². The quantitative estimate of drug-likeness (QED) is 0.683. The van der Waals surface area contributed by atoms with E-state index in [0.717, 1.165) is 26.7 Å². The number of hydrogen-bond acceptors (Lipinski definition) is 3. The lowest BCUT2D eigenvalue weighted by atomic mass is 9.99. The van der Waals surface area contributed by atoms with Crippen LogP contribution in [0.1, 0.15) is 20.3 Å². The molecule has 0 saturated carbocycles. The lowest BCUT2D eigenvalue weighted by Gasteiger charge is -2.21. The number of urea groups is 1. The molecule has 2 aromatic carbocycles. The number of carbonyl (C=O) groups is 2. The highest BCUT2D eigenvalue weighted by Crippen LogP contribution is 2.29. The maximum absolute atomic E-state index is 12.6. The molecule has 4 rings (SSSR count). The first kappa shape index (κ1) is 17.5. The molecule has 27 heavy (non-hydrogen) atoms. The van der Waals surface area contributed by atoms with Crippen molar-refractivity contribution in [2.24, 2.45) is 0 Å². The normalized spacial score (nSPS) is 21.2. The van der Waals surface area contributed by atoms with Crippen LogP contribution in [0.3, 0.4) is 0 Å². The number of imide groups is 1. The molecule has 0 unspecified atom stereocenters. The third kappa shape index (κ3) is 2.77. The fourth-order valence-electron chi connectivity index (χ4n) is 3.83. The molecule has 6 heteroatoms. The maximum atomic E-state index is 12.6. The van der Waals surface area contributed by atoms with Crippen LogP contribution in [0.5, 0.6) is 0 Å². The van der Waals surface area contributed by atoms with Gasteiger partial charge in [0.05, 0.1) is 19.2 Å². The number of aliphatic hydroxyl groups is 1. The Hall–Kier alpha value is -2.86. The Kier molecular flexibility index (Phi) is 4.15. The lowest BCUT2D eigenvalue weighted by Crippen LogP contribution is -2.44. The van der Waals surface area contributed by atoms with Crippen LogP contribution in [0.4, 0.5) is 4.79 Å². The third-order valence-electron chi connectivity index (χ3n) is 5.52. The van der Waals surface area contributed by atoms with Gasteiger partial charge in [-0.1, -0.05) is 43.3 Å². The Morgan fingerprint density at radius 3 is 2.07 bits per heavy atom. The number of aliphatic hydroxyl groups excluding tert-OH is 1. The molecular weight excluding hydrogens is 342 g/mol. The average Bonchev–Trinajstić information content (AvgIpc) is 3.10. The minimum Gasteiger partial charge on any atom is -0.389 e. The molecule has 0 radical (unpaired) electrons. The van der Waals surface area contributed by atoms with Gasteiger partial charge in [-0.05, 0) is 25.5 Å². The van der Waals surface area contributed by atoms with Crippen molar-refractivity contribution in [3.8, 4) is 0 Å². The van der Waals surface area contributed by atoms with Crippen LogP contribution in [0.15, 0.2) is 48.5 Å². The highest BCUT2D eigenvalue weighted by Gasteiger charge is 2.46. The lowest BCUT2D eigenvalue weighted by molar-refractivity contribution is -0.131. The van der Waals surface area contributed by atoms with Crippen molar-refractivity contribution < 1.29 is 14.7 Å². The van der Waals surface area contributed by atoms with Gasteiger partial charge >= 0.3 is 6.03 Å². The molecule has 2 N–H and O–H groups in total. The van der Waals surface area contributed by atoms with E-state index in [9.17, 15) is 14.7 Å². The number of fused-ring (bicyclic) bond motifs is 3. The molecule has 3 amide bonds. The van der Waals surface area contributed by atoms with E-state index in [1.807, 2.05) is 47.9 Å². The Morgan fingerprint density at radius 1 is 1.00 bits per heavy atom. The molecule has 1 aliphatic heterocycles. The molecule has 0 spiro atoms. The number of amides is 3. The van der Waals surface area contributed by atoms with E-state index in [1.165, 1.54) is 0 Å². The van der Waals surface area contributed by atoms with Gasteiger partial charge < -0.3 is 15.0 Å². The average molecular weight is 365 g/mol. The van der Waals surface area contributed by atoms with Crippen LogP contribution >= 0.6 is 0 Å². The van der Waals surface area contributed by atoms with Crippen molar-refractivity contribution in [1.29, 1.82) is 0 Å². The maximum Gasteiger partial charge on any atom is 0.325 e. The first-order valence-electron chi connectivity index (χ1n) is 9.23. The van der Waals surface area contributed by atoms with Gasteiger partial charge in [0.1, 0.15) is 5.54 Å². The Morgan fingerprint density at radius 2 is 1.56 bits per heavy atom. The molecule has 6 nitrogen and oxygen atoms in total. The minimum absolute atomic E-state index is 0.0267. The molecular formula is C21H23N3O3. The van der Waals surface area contributed by atoms with Crippen LogP contribution < -0.4 is 5.32 Å². The molecule has 2 atom stereocenters. The van der Waals surface area contributed by atoms with E-state index in [1.54, 1.807) is 6.92 Å². The van der Waals surface area contributed by atoms with Gasteiger partial charge in [-0.3, -0.25) is 9.69 Å². The first-order chi connectivity index (χ1) is 12.9. The molecule has 0 aliphatic carbocycles. The van der Waals surface area contributed by atoms with Gasteiger partial charge in [-0.25, -0.2) is 4.79 Å². The largest absolute Gasteiger partial charge is 0.389 e. The summed E-state index contributed by atoms with van der Waals surface area (Å²) >= 11 is 0. The number of nitrogens with one attached hydrogen (secondary N) is 1. The Bertz CT molecular complexity index is 988. The van der Waals surface area contributed by atoms with E-state index in [2.05, 4.69) is 17.4 Å². The van der Waals surface area contributed by atoms with Crippen LogP contribution in [0.2, 0.25) is 0 Å². The molecule has 1 aromatic heterocycles. The van der Waals surface area contributed by atoms with Crippen molar-refractivity contribution >= 4 is 33.7 Å². The SMILES string of the molecule is CC[C@@]1(C)NC(=O)N(C[C@@H](O)Cn2c3ccccc3c3ccccc32)C1=O. The number of carbonyl (C=O) groups excluding carboxylic acids is 2. The van der Waals surface area contributed by atoms with Crippen molar-refractivity contribution in [2.75, 3.05) is 6.54 Å². The van der Waals surface area contributed by atoms with Gasteiger partial charge in [0.25, 0.3) is 5.91 Å². The minimum atomic E-state index is -0.885. The van der Waals surface area contributed by atoms with E-state index < -0.39 is 17.7 Å². The summed E-state index contributed by atoms with van der Waals surface area (Å²) in [5, 5.41) is 15.6. The molecule has 1 aliphatic rings.